The summed E-state index contributed by atoms with van der Waals surface area (Å²) in [4.78, 5) is 11.2. The van der Waals surface area contributed by atoms with Gasteiger partial charge in [-0.05, 0) is 24.7 Å². The second-order valence-corrected chi connectivity index (χ2v) is 4.90. The van der Waals surface area contributed by atoms with Gasteiger partial charge in [-0.2, -0.15) is 5.10 Å². The fraction of sp³-hybridized carbons (Fsp3) is 0.636. The standard InChI is InChI=1S/C11H16ClN3O2/c1-17-5-4-11(2-3-11)7-13-8-6-14-15-10(16)9(8)12/h6H,2-5,7H2,1H3,(H2,13,15,16). The third kappa shape index (κ3) is 2.98. The maximum atomic E-state index is 11.2. The third-order valence-electron chi connectivity index (χ3n) is 3.24. The van der Waals surface area contributed by atoms with Crippen LogP contribution in [0.1, 0.15) is 19.3 Å². The van der Waals surface area contributed by atoms with Gasteiger partial charge in [0.15, 0.2) is 0 Å². The lowest BCUT2D eigenvalue weighted by atomic mass is 10.0. The van der Waals surface area contributed by atoms with Crippen LogP contribution in [0.5, 0.6) is 0 Å². The molecule has 0 bridgehead atoms. The van der Waals surface area contributed by atoms with Gasteiger partial charge in [-0.15, -0.1) is 0 Å². The number of anilines is 1. The first-order chi connectivity index (χ1) is 8.17. The molecule has 0 unspecified atom stereocenters. The minimum absolute atomic E-state index is 0.169. The van der Waals surface area contributed by atoms with Gasteiger partial charge in [-0.25, -0.2) is 5.10 Å². The summed E-state index contributed by atoms with van der Waals surface area (Å²) >= 11 is 5.88. The quantitative estimate of drug-likeness (QED) is 0.813. The van der Waals surface area contributed by atoms with Crippen molar-refractivity contribution in [2.24, 2.45) is 5.41 Å². The minimum Gasteiger partial charge on any atom is -0.385 e. The molecule has 2 N–H and O–H groups in total. The van der Waals surface area contributed by atoms with Crippen molar-refractivity contribution in [2.75, 3.05) is 25.6 Å². The first-order valence-electron chi connectivity index (χ1n) is 5.63. The van der Waals surface area contributed by atoms with E-state index in [1.807, 2.05) is 0 Å². The van der Waals surface area contributed by atoms with Crippen LogP contribution in [0, 0.1) is 5.41 Å². The van der Waals surface area contributed by atoms with E-state index in [1.165, 1.54) is 19.0 Å². The Morgan fingerprint density at radius 3 is 3.06 bits per heavy atom. The van der Waals surface area contributed by atoms with Crippen LogP contribution in [-0.4, -0.2) is 30.5 Å². The van der Waals surface area contributed by atoms with E-state index in [9.17, 15) is 4.79 Å². The second kappa shape index (κ2) is 5.06. The highest BCUT2D eigenvalue weighted by Crippen LogP contribution is 2.48. The summed E-state index contributed by atoms with van der Waals surface area (Å²) < 4.78 is 5.09. The van der Waals surface area contributed by atoms with E-state index in [-0.39, 0.29) is 10.6 Å². The van der Waals surface area contributed by atoms with Crippen molar-refractivity contribution in [1.29, 1.82) is 0 Å². The largest absolute Gasteiger partial charge is 0.385 e. The zero-order chi connectivity index (χ0) is 12.3. The van der Waals surface area contributed by atoms with Crippen LogP contribution in [0.3, 0.4) is 0 Å². The summed E-state index contributed by atoms with van der Waals surface area (Å²) in [6.07, 6.45) is 4.95. The van der Waals surface area contributed by atoms with E-state index in [0.29, 0.717) is 11.1 Å². The molecule has 0 amide bonds. The highest BCUT2D eigenvalue weighted by Gasteiger charge is 2.41. The Morgan fingerprint density at radius 1 is 1.65 bits per heavy atom. The number of ether oxygens (including phenoxy) is 1. The van der Waals surface area contributed by atoms with Crippen LogP contribution in [0.4, 0.5) is 5.69 Å². The van der Waals surface area contributed by atoms with Crippen LogP contribution in [0.15, 0.2) is 11.0 Å². The Kier molecular flexibility index (Phi) is 3.69. The number of nitrogens with zero attached hydrogens (tertiary/aromatic N) is 1. The number of hydrogen-bond donors (Lipinski definition) is 2. The van der Waals surface area contributed by atoms with Crippen molar-refractivity contribution in [1.82, 2.24) is 10.2 Å². The van der Waals surface area contributed by atoms with Gasteiger partial charge in [0, 0.05) is 20.3 Å². The SMILES string of the molecule is COCCC1(CNc2cn[nH]c(=O)c2Cl)CC1. The first kappa shape index (κ1) is 12.4. The van der Waals surface area contributed by atoms with Crippen LogP contribution >= 0.6 is 11.6 Å². The molecule has 1 fully saturated rings. The summed E-state index contributed by atoms with van der Waals surface area (Å²) in [5, 5.41) is 9.37. The average molecular weight is 258 g/mol. The number of aromatic amines is 1. The van der Waals surface area contributed by atoms with Crippen molar-refractivity contribution in [3.63, 3.8) is 0 Å². The molecule has 0 saturated heterocycles. The highest BCUT2D eigenvalue weighted by molar-refractivity contribution is 6.32. The maximum absolute atomic E-state index is 11.2. The number of aromatic nitrogens is 2. The van der Waals surface area contributed by atoms with E-state index < -0.39 is 0 Å². The molecular formula is C11H16ClN3O2. The van der Waals surface area contributed by atoms with Crippen molar-refractivity contribution >= 4 is 17.3 Å². The molecule has 1 aromatic heterocycles. The van der Waals surface area contributed by atoms with E-state index in [4.69, 9.17) is 16.3 Å². The zero-order valence-corrected chi connectivity index (χ0v) is 10.5. The Morgan fingerprint density at radius 2 is 2.41 bits per heavy atom. The Bertz CT molecular complexity index is 443. The molecule has 1 saturated carbocycles. The third-order valence-corrected chi connectivity index (χ3v) is 3.62. The molecule has 1 aromatic rings. The summed E-state index contributed by atoms with van der Waals surface area (Å²) in [7, 11) is 1.71. The highest BCUT2D eigenvalue weighted by atomic mass is 35.5. The van der Waals surface area contributed by atoms with Gasteiger partial charge in [-0.1, -0.05) is 11.6 Å². The van der Waals surface area contributed by atoms with Crippen molar-refractivity contribution in [2.45, 2.75) is 19.3 Å². The summed E-state index contributed by atoms with van der Waals surface area (Å²) in [6.45, 7) is 1.57. The molecule has 6 heteroatoms. The molecule has 1 aliphatic rings. The molecule has 5 nitrogen and oxygen atoms in total. The molecule has 2 rings (SSSR count). The minimum atomic E-state index is -0.363. The fourth-order valence-corrected chi connectivity index (χ4v) is 1.96. The zero-order valence-electron chi connectivity index (χ0n) is 9.75. The summed E-state index contributed by atoms with van der Waals surface area (Å²) in [6, 6.07) is 0. The van der Waals surface area contributed by atoms with E-state index in [1.54, 1.807) is 7.11 Å². The number of hydrogen-bond acceptors (Lipinski definition) is 4. The summed E-state index contributed by atoms with van der Waals surface area (Å²) in [5.41, 5.74) is 0.541. The van der Waals surface area contributed by atoms with Gasteiger partial charge >= 0.3 is 0 Å². The first-order valence-corrected chi connectivity index (χ1v) is 6.01. The molecule has 1 aliphatic carbocycles. The van der Waals surface area contributed by atoms with Gasteiger partial charge in [-0.3, -0.25) is 4.79 Å². The number of nitrogens with one attached hydrogen (secondary N) is 2. The molecule has 0 radical (unpaired) electrons. The molecule has 0 aromatic carbocycles. The molecule has 0 atom stereocenters. The summed E-state index contributed by atoms with van der Waals surface area (Å²) in [5.74, 6) is 0. The lowest BCUT2D eigenvalue weighted by Gasteiger charge is -2.16. The van der Waals surface area contributed by atoms with Crippen molar-refractivity contribution in [3.8, 4) is 0 Å². The fourth-order valence-electron chi connectivity index (χ4n) is 1.80. The number of halogens is 1. The van der Waals surface area contributed by atoms with Crippen molar-refractivity contribution < 1.29 is 4.74 Å². The van der Waals surface area contributed by atoms with Gasteiger partial charge < -0.3 is 10.1 Å². The van der Waals surface area contributed by atoms with Gasteiger partial charge in [0.1, 0.15) is 5.02 Å². The van der Waals surface area contributed by atoms with Gasteiger partial charge in [0.2, 0.25) is 0 Å². The smallest absolute Gasteiger partial charge is 0.285 e. The molecule has 0 aliphatic heterocycles. The topological polar surface area (TPSA) is 67.0 Å². The normalized spacial score (nSPS) is 16.8. The molecule has 1 heterocycles. The second-order valence-electron chi connectivity index (χ2n) is 4.52. The average Bonchev–Trinajstić information content (AvgIpc) is 3.09. The Labute approximate surface area is 105 Å². The predicted octanol–water partition coefficient (Wildman–Crippen LogP) is 1.65. The Hall–Kier alpha value is -1.07. The van der Waals surface area contributed by atoms with Crippen LogP contribution in [0.25, 0.3) is 0 Å². The van der Waals surface area contributed by atoms with Crippen molar-refractivity contribution in [3.05, 3.63) is 21.6 Å². The maximum Gasteiger partial charge on any atom is 0.285 e. The van der Waals surface area contributed by atoms with E-state index >= 15 is 0 Å². The number of H-pyrrole nitrogens is 1. The van der Waals surface area contributed by atoms with Crippen LogP contribution in [-0.2, 0) is 4.74 Å². The number of rotatable bonds is 6. The van der Waals surface area contributed by atoms with Gasteiger partial charge in [0.25, 0.3) is 5.56 Å². The van der Waals surface area contributed by atoms with E-state index in [0.717, 1.165) is 19.6 Å². The van der Waals surface area contributed by atoms with Crippen LogP contribution in [0.2, 0.25) is 5.02 Å². The van der Waals surface area contributed by atoms with Gasteiger partial charge in [0.05, 0.1) is 11.9 Å². The monoisotopic (exact) mass is 257 g/mol. The molecule has 0 spiro atoms. The lowest BCUT2D eigenvalue weighted by Crippen LogP contribution is -2.19. The van der Waals surface area contributed by atoms with Crippen LogP contribution < -0.4 is 10.9 Å². The van der Waals surface area contributed by atoms with E-state index in [2.05, 4.69) is 15.5 Å². The predicted molar refractivity (Wildman–Crippen MR) is 66.5 cm³/mol. The Balaban J connectivity index is 1.94. The number of methoxy groups -OCH3 is 1. The lowest BCUT2D eigenvalue weighted by molar-refractivity contribution is 0.175. The molecule has 94 valence electrons. The molecular weight excluding hydrogens is 242 g/mol. The molecule has 17 heavy (non-hydrogen) atoms.